The lowest BCUT2D eigenvalue weighted by molar-refractivity contribution is -0.141. The molecule has 0 atom stereocenters. The van der Waals surface area contributed by atoms with Gasteiger partial charge in [0.1, 0.15) is 17.3 Å². The molecule has 4 rings (SSSR count). The van der Waals surface area contributed by atoms with Crippen LogP contribution in [-0.4, -0.2) is 58.9 Å². The second-order valence-corrected chi connectivity index (χ2v) is 8.26. The largest absolute Gasteiger partial charge is 0.433 e. The Kier molecular flexibility index (Phi) is 7.69. The number of hydrogen-bond donors (Lipinski definition) is 3. The van der Waals surface area contributed by atoms with E-state index >= 15 is 0 Å². The van der Waals surface area contributed by atoms with Crippen LogP contribution in [0.4, 0.5) is 30.5 Å². The number of aryl methyl sites for hydroxylation is 1. The van der Waals surface area contributed by atoms with Crippen LogP contribution in [0.25, 0.3) is 11.1 Å². The third-order valence-electron chi connectivity index (χ3n) is 5.58. The minimum Gasteiger partial charge on any atom is -0.395 e. The fourth-order valence-corrected chi connectivity index (χ4v) is 3.77. The van der Waals surface area contributed by atoms with Gasteiger partial charge in [0.2, 0.25) is 0 Å². The summed E-state index contributed by atoms with van der Waals surface area (Å²) in [6.07, 6.45) is -2.30. The van der Waals surface area contributed by atoms with Crippen molar-refractivity contribution in [2.24, 2.45) is 0 Å². The molecular formula is C25H25F3N6O3. The zero-order chi connectivity index (χ0) is 26.6. The average molecular weight is 515 g/mol. The predicted octanol–water partition coefficient (Wildman–Crippen LogP) is 3.87. The molecule has 37 heavy (non-hydrogen) atoms. The number of morpholine rings is 1. The van der Waals surface area contributed by atoms with Crippen molar-refractivity contribution in [2.45, 2.75) is 13.1 Å². The molecule has 1 saturated heterocycles. The zero-order valence-corrected chi connectivity index (χ0v) is 20.0. The number of carbonyl (C=O) groups excluding carboxylic acids is 1. The number of nitrogens with one attached hydrogen (secondary N) is 2. The van der Waals surface area contributed by atoms with Crippen molar-refractivity contribution in [3.8, 4) is 11.1 Å². The summed E-state index contributed by atoms with van der Waals surface area (Å²) in [6, 6.07) is 7.23. The average Bonchev–Trinajstić information content (AvgIpc) is 2.88. The normalized spacial score (nSPS) is 14.0. The molecule has 1 aliphatic heterocycles. The van der Waals surface area contributed by atoms with E-state index in [1.165, 1.54) is 12.3 Å². The fourth-order valence-electron chi connectivity index (χ4n) is 3.77. The number of amides is 1. The number of rotatable bonds is 7. The molecular weight excluding hydrogens is 489 g/mol. The number of nitrogens with zero attached hydrogens (tertiary/aromatic N) is 4. The molecule has 194 valence electrons. The number of ether oxygens (including phenoxy) is 1. The molecule has 12 heteroatoms. The van der Waals surface area contributed by atoms with Gasteiger partial charge in [0, 0.05) is 41.8 Å². The van der Waals surface area contributed by atoms with Crippen molar-refractivity contribution >= 4 is 23.2 Å². The van der Waals surface area contributed by atoms with E-state index in [0.29, 0.717) is 61.0 Å². The first-order valence-electron chi connectivity index (χ1n) is 11.4. The third kappa shape index (κ3) is 6.22. The summed E-state index contributed by atoms with van der Waals surface area (Å²) in [5.74, 6) is 0.414. The lowest BCUT2D eigenvalue weighted by Gasteiger charge is -2.30. The maximum Gasteiger partial charge on any atom is 0.433 e. The minimum atomic E-state index is -4.67. The van der Waals surface area contributed by atoms with Crippen LogP contribution in [0.5, 0.6) is 0 Å². The number of aromatic nitrogens is 3. The van der Waals surface area contributed by atoms with Crippen molar-refractivity contribution in [3.63, 3.8) is 0 Å². The lowest BCUT2D eigenvalue weighted by atomic mass is 10.0. The van der Waals surface area contributed by atoms with Gasteiger partial charge in [0.25, 0.3) is 5.91 Å². The monoisotopic (exact) mass is 514 g/mol. The van der Waals surface area contributed by atoms with Crippen LogP contribution in [0.1, 0.15) is 21.7 Å². The Labute approximate surface area is 211 Å². The van der Waals surface area contributed by atoms with Gasteiger partial charge in [-0.05, 0) is 42.8 Å². The number of carbonyl (C=O) groups is 1. The number of hydrogen-bond acceptors (Lipinski definition) is 8. The first-order chi connectivity index (χ1) is 17.7. The highest BCUT2D eigenvalue weighted by Gasteiger charge is 2.33. The van der Waals surface area contributed by atoms with E-state index in [2.05, 4.69) is 32.2 Å². The molecule has 3 N–H and O–H groups in total. The Morgan fingerprint density at radius 2 is 2.05 bits per heavy atom. The molecule has 1 fully saturated rings. The lowest BCUT2D eigenvalue weighted by Crippen LogP contribution is -2.34. The van der Waals surface area contributed by atoms with E-state index in [1.54, 1.807) is 19.1 Å². The first-order valence-corrected chi connectivity index (χ1v) is 11.4. The molecule has 0 saturated carbocycles. The van der Waals surface area contributed by atoms with Crippen LogP contribution in [0.2, 0.25) is 0 Å². The van der Waals surface area contributed by atoms with E-state index in [-0.39, 0.29) is 12.2 Å². The predicted molar refractivity (Wildman–Crippen MR) is 132 cm³/mol. The van der Waals surface area contributed by atoms with E-state index in [4.69, 9.17) is 4.74 Å². The molecule has 0 aromatic carbocycles. The second-order valence-electron chi connectivity index (χ2n) is 8.26. The smallest absolute Gasteiger partial charge is 0.395 e. The standard InChI is InChI=1S/C25H25F3N6O3/c1-15-14-37-8-6-34(15)23-11-18(10-22(33-23)30-5-7-35)20-12-19(13-31-16(20)2)32-24(36)17-3-4-29-21(9-17)25(26,27)28/h3-4,9-13,35H,1,5-8,14H2,2H3,(H,30,33)(H,32,36). The van der Waals surface area contributed by atoms with Gasteiger partial charge < -0.3 is 25.4 Å². The topological polar surface area (TPSA) is 112 Å². The van der Waals surface area contributed by atoms with Gasteiger partial charge in [0.05, 0.1) is 31.7 Å². The summed E-state index contributed by atoms with van der Waals surface area (Å²) in [6.45, 7) is 7.50. The van der Waals surface area contributed by atoms with Crippen molar-refractivity contribution < 1.29 is 27.8 Å². The minimum absolute atomic E-state index is 0.0847. The van der Waals surface area contributed by atoms with Crippen molar-refractivity contribution in [1.29, 1.82) is 0 Å². The number of aliphatic hydroxyl groups excluding tert-OH is 1. The highest BCUT2D eigenvalue weighted by Crippen LogP contribution is 2.32. The third-order valence-corrected chi connectivity index (χ3v) is 5.58. The fraction of sp³-hybridized carbons (Fsp3) is 0.280. The molecule has 1 amide bonds. The van der Waals surface area contributed by atoms with Gasteiger partial charge in [-0.25, -0.2) is 4.98 Å². The van der Waals surface area contributed by atoms with Gasteiger partial charge in [-0.2, -0.15) is 13.2 Å². The molecule has 0 radical (unpaired) electrons. The summed E-state index contributed by atoms with van der Waals surface area (Å²) in [5.41, 5.74) is 1.78. The number of anilines is 3. The number of pyridine rings is 3. The molecule has 0 aliphatic carbocycles. The van der Waals surface area contributed by atoms with Crippen LogP contribution < -0.4 is 15.5 Å². The van der Waals surface area contributed by atoms with E-state index < -0.39 is 17.8 Å². The molecule has 0 bridgehead atoms. The van der Waals surface area contributed by atoms with Gasteiger partial charge in [-0.15, -0.1) is 0 Å². The van der Waals surface area contributed by atoms with Gasteiger partial charge in [-0.3, -0.25) is 14.8 Å². The molecule has 1 aliphatic rings. The summed E-state index contributed by atoms with van der Waals surface area (Å²) in [5, 5.41) is 14.9. The Hall–Kier alpha value is -4.03. The maximum absolute atomic E-state index is 13.0. The van der Waals surface area contributed by atoms with Crippen LogP contribution in [0.3, 0.4) is 0 Å². The summed E-state index contributed by atoms with van der Waals surface area (Å²) < 4.78 is 44.4. The summed E-state index contributed by atoms with van der Waals surface area (Å²) in [4.78, 5) is 26.9. The van der Waals surface area contributed by atoms with Gasteiger partial charge >= 0.3 is 6.18 Å². The highest BCUT2D eigenvalue weighted by atomic mass is 19.4. The van der Waals surface area contributed by atoms with Crippen molar-refractivity contribution in [1.82, 2.24) is 15.0 Å². The highest BCUT2D eigenvalue weighted by molar-refractivity contribution is 6.04. The molecule has 0 unspecified atom stereocenters. The van der Waals surface area contributed by atoms with Crippen molar-refractivity contribution in [3.05, 3.63) is 72.0 Å². The van der Waals surface area contributed by atoms with E-state index in [1.807, 2.05) is 11.0 Å². The van der Waals surface area contributed by atoms with Crippen molar-refractivity contribution in [2.75, 3.05) is 48.4 Å². The quantitative estimate of drug-likeness (QED) is 0.436. The Morgan fingerprint density at radius 1 is 1.24 bits per heavy atom. The van der Waals surface area contributed by atoms with Gasteiger partial charge in [-0.1, -0.05) is 6.58 Å². The molecule has 0 spiro atoms. The molecule has 3 aromatic heterocycles. The van der Waals surface area contributed by atoms with E-state index in [9.17, 15) is 23.1 Å². The zero-order valence-electron chi connectivity index (χ0n) is 20.0. The van der Waals surface area contributed by atoms with Crippen LogP contribution in [-0.2, 0) is 10.9 Å². The summed E-state index contributed by atoms with van der Waals surface area (Å²) in [7, 11) is 0. The molecule has 4 heterocycles. The van der Waals surface area contributed by atoms with Crippen LogP contribution in [0, 0.1) is 6.92 Å². The first kappa shape index (κ1) is 26.0. The Bertz CT molecular complexity index is 1320. The summed E-state index contributed by atoms with van der Waals surface area (Å²) >= 11 is 0. The van der Waals surface area contributed by atoms with Crippen LogP contribution >= 0.6 is 0 Å². The number of alkyl halides is 3. The second kappa shape index (κ2) is 10.9. The molecule has 3 aromatic rings. The van der Waals surface area contributed by atoms with Gasteiger partial charge in [0.15, 0.2) is 0 Å². The Balaban J connectivity index is 1.67. The number of aliphatic hydroxyl groups is 1. The SMILES string of the molecule is C=C1COCCN1c1cc(-c2cc(NC(=O)c3ccnc(C(F)(F)F)c3)cnc2C)cc(NCCO)n1. The maximum atomic E-state index is 13.0. The Morgan fingerprint density at radius 3 is 2.78 bits per heavy atom. The van der Waals surface area contributed by atoms with Crippen LogP contribution in [0.15, 0.2) is 55.0 Å². The van der Waals surface area contributed by atoms with E-state index in [0.717, 1.165) is 17.5 Å². The number of halogens is 3. The molecule has 9 nitrogen and oxygen atoms in total.